The van der Waals surface area contributed by atoms with Crippen molar-refractivity contribution in [2.75, 3.05) is 20.8 Å². The first kappa shape index (κ1) is 18.7. The molecule has 2 aliphatic rings. The number of likely N-dealkylation sites (tertiary alicyclic amines) is 1. The molecule has 27 heavy (non-hydrogen) atoms. The lowest BCUT2D eigenvalue weighted by Gasteiger charge is -2.43. The highest BCUT2D eigenvalue weighted by Crippen LogP contribution is 2.43. The fraction of sp³-hybridized carbons (Fsp3) is 0.591. The van der Waals surface area contributed by atoms with Crippen LogP contribution < -0.4 is 0 Å². The van der Waals surface area contributed by atoms with Crippen LogP contribution in [0.1, 0.15) is 42.6 Å². The van der Waals surface area contributed by atoms with Gasteiger partial charge in [0.2, 0.25) is 0 Å². The van der Waals surface area contributed by atoms with Crippen LogP contribution in [0.2, 0.25) is 0 Å². The van der Waals surface area contributed by atoms with Crippen LogP contribution in [0.4, 0.5) is 0 Å². The summed E-state index contributed by atoms with van der Waals surface area (Å²) in [5, 5.41) is 4.83. The molecule has 2 heterocycles. The smallest absolute Gasteiger partial charge is 0.0847 e. The lowest BCUT2D eigenvalue weighted by Crippen LogP contribution is -2.51. The molecule has 146 valence electrons. The molecule has 5 heteroatoms. The topological polar surface area (TPSA) is 39.5 Å². The zero-order valence-corrected chi connectivity index (χ0v) is 16.9. The molecule has 0 N–H and O–H groups in total. The van der Waals surface area contributed by atoms with E-state index < -0.39 is 0 Å². The Labute approximate surface area is 162 Å². The van der Waals surface area contributed by atoms with Gasteiger partial charge in [0.05, 0.1) is 23.1 Å². The lowest BCUT2D eigenvalue weighted by molar-refractivity contribution is -0.0947. The second-order valence-electron chi connectivity index (χ2n) is 8.03. The van der Waals surface area contributed by atoms with Crippen molar-refractivity contribution in [3.63, 3.8) is 0 Å². The number of methoxy groups -OCH3 is 2. The van der Waals surface area contributed by atoms with Gasteiger partial charge in [-0.05, 0) is 51.7 Å². The average molecular weight is 370 g/mol. The molecule has 3 atom stereocenters. The third kappa shape index (κ3) is 3.22. The molecule has 1 saturated heterocycles. The fourth-order valence-electron chi connectivity index (χ4n) is 5.09. The van der Waals surface area contributed by atoms with E-state index in [0.29, 0.717) is 12.1 Å². The molecule has 0 bridgehead atoms. The second-order valence-corrected chi connectivity index (χ2v) is 8.03. The van der Waals surface area contributed by atoms with Crippen LogP contribution in [-0.2, 0) is 16.0 Å². The van der Waals surface area contributed by atoms with Gasteiger partial charge in [-0.15, -0.1) is 0 Å². The maximum absolute atomic E-state index is 6.08. The van der Waals surface area contributed by atoms with Gasteiger partial charge in [-0.1, -0.05) is 18.2 Å². The molecule has 1 aromatic carbocycles. The first-order valence-electron chi connectivity index (χ1n) is 10.0. The standard InChI is InChI=1S/C22H31N3O2/c1-16-20(17(2)25(23-16)18-8-6-5-7-9-18)15-24-13-12-22(27-4)11-10-19(26-3)14-21(22)24/h5-9,19,21H,10-15H2,1-4H3/t19-,21+,22-/m1/s1. The summed E-state index contributed by atoms with van der Waals surface area (Å²) in [5.74, 6) is 0. The first-order chi connectivity index (χ1) is 13.1. The summed E-state index contributed by atoms with van der Waals surface area (Å²) in [4.78, 5) is 2.60. The van der Waals surface area contributed by atoms with Crippen LogP contribution in [0.15, 0.2) is 30.3 Å². The first-order valence-corrected chi connectivity index (χ1v) is 10.0. The second kappa shape index (κ2) is 7.38. The van der Waals surface area contributed by atoms with Gasteiger partial charge >= 0.3 is 0 Å². The van der Waals surface area contributed by atoms with Crippen molar-refractivity contribution in [3.8, 4) is 5.69 Å². The maximum atomic E-state index is 6.08. The molecular formula is C22H31N3O2. The quantitative estimate of drug-likeness (QED) is 0.807. The van der Waals surface area contributed by atoms with Crippen molar-refractivity contribution >= 4 is 0 Å². The van der Waals surface area contributed by atoms with Gasteiger partial charge in [0, 0.05) is 44.6 Å². The SMILES string of the molecule is CO[C@@H]1CC[C@@]2(OC)CCN(Cc3c(C)nn(-c4ccccc4)c3C)[C@H]2C1. The molecule has 5 nitrogen and oxygen atoms in total. The molecule has 0 radical (unpaired) electrons. The molecule has 1 aliphatic heterocycles. The van der Waals surface area contributed by atoms with Gasteiger partial charge in [0.25, 0.3) is 0 Å². The molecule has 4 rings (SSSR count). The summed E-state index contributed by atoms with van der Waals surface area (Å²) >= 11 is 0. The number of aryl methyl sites for hydroxylation is 1. The van der Waals surface area contributed by atoms with Crippen LogP contribution in [0.3, 0.4) is 0 Å². The summed E-state index contributed by atoms with van der Waals surface area (Å²) in [6.45, 7) is 6.31. The highest BCUT2D eigenvalue weighted by molar-refractivity contribution is 5.37. The van der Waals surface area contributed by atoms with Crippen molar-refractivity contribution < 1.29 is 9.47 Å². The van der Waals surface area contributed by atoms with Gasteiger partial charge in [0.1, 0.15) is 0 Å². The summed E-state index contributed by atoms with van der Waals surface area (Å²) in [5.41, 5.74) is 4.80. The molecule has 0 amide bonds. The number of hydrogen-bond donors (Lipinski definition) is 0. The Morgan fingerprint density at radius 3 is 2.63 bits per heavy atom. The predicted molar refractivity (Wildman–Crippen MR) is 106 cm³/mol. The Balaban J connectivity index is 1.60. The molecular weight excluding hydrogens is 338 g/mol. The number of ether oxygens (including phenoxy) is 2. The minimum atomic E-state index is -0.00767. The van der Waals surface area contributed by atoms with Crippen LogP contribution in [0.5, 0.6) is 0 Å². The van der Waals surface area contributed by atoms with E-state index in [1.54, 1.807) is 0 Å². The van der Waals surface area contributed by atoms with Gasteiger partial charge < -0.3 is 9.47 Å². The summed E-state index contributed by atoms with van der Waals surface area (Å²) < 4.78 is 13.9. The van der Waals surface area contributed by atoms with Crippen molar-refractivity contribution in [2.24, 2.45) is 0 Å². The lowest BCUT2D eigenvalue weighted by atomic mass is 9.79. The normalized spacial score (nSPS) is 28.4. The molecule has 1 saturated carbocycles. The Hall–Kier alpha value is -1.69. The Bertz CT molecular complexity index is 788. The van der Waals surface area contributed by atoms with Gasteiger partial charge in [0.15, 0.2) is 0 Å². The largest absolute Gasteiger partial charge is 0.381 e. The van der Waals surface area contributed by atoms with Crippen molar-refractivity contribution in [2.45, 2.75) is 63.8 Å². The predicted octanol–water partition coefficient (Wildman–Crippen LogP) is 3.65. The van der Waals surface area contributed by atoms with Crippen LogP contribution in [-0.4, -0.2) is 53.2 Å². The summed E-state index contributed by atoms with van der Waals surface area (Å²) in [7, 11) is 3.72. The third-order valence-corrected chi connectivity index (χ3v) is 6.79. The highest BCUT2D eigenvalue weighted by atomic mass is 16.5. The molecule has 0 unspecified atom stereocenters. The van der Waals surface area contributed by atoms with E-state index in [1.807, 2.05) is 20.3 Å². The van der Waals surface area contributed by atoms with E-state index in [4.69, 9.17) is 14.6 Å². The Morgan fingerprint density at radius 2 is 1.93 bits per heavy atom. The monoisotopic (exact) mass is 369 g/mol. The zero-order valence-electron chi connectivity index (χ0n) is 16.9. The van der Waals surface area contributed by atoms with Crippen molar-refractivity contribution in [1.82, 2.24) is 14.7 Å². The van der Waals surface area contributed by atoms with Crippen LogP contribution >= 0.6 is 0 Å². The minimum Gasteiger partial charge on any atom is -0.381 e. The minimum absolute atomic E-state index is 0.00767. The van der Waals surface area contributed by atoms with E-state index >= 15 is 0 Å². The van der Waals surface area contributed by atoms with Gasteiger partial charge in [-0.2, -0.15) is 5.10 Å². The number of nitrogens with zero attached hydrogens (tertiary/aromatic N) is 3. The average Bonchev–Trinajstić information content (AvgIpc) is 3.21. The molecule has 0 spiro atoms. The van der Waals surface area contributed by atoms with Crippen LogP contribution in [0, 0.1) is 13.8 Å². The number of aromatic nitrogens is 2. The molecule has 1 aliphatic carbocycles. The zero-order chi connectivity index (χ0) is 19.0. The summed E-state index contributed by atoms with van der Waals surface area (Å²) in [6.07, 6.45) is 4.68. The van der Waals surface area contributed by atoms with E-state index in [1.165, 1.54) is 11.3 Å². The number of rotatable bonds is 5. The number of benzene rings is 1. The van der Waals surface area contributed by atoms with E-state index in [9.17, 15) is 0 Å². The number of hydrogen-bond acceptors (Lipinski definition) is 4. The van der Waals surface area contributed by atoms with E-state index in [-0.39, 0.29) is 5.60 Å². The maximum Gasteiger partial charge on any atom is 0.0847 e. The fourth-order valence-corrected chi connectivity index (χ4v) is 5.09. The van der Waals surface area contributed by atoms with Gasteiger partial charge in [-0.3, -0.25) is 4.90 Å². The van der Waals surface area contributed by atoms with Gasteiger partial charge in [-0.25, -0.2) is 4.68 Å². The van der Waals surface area contributed by atoms with Crippen LogP contribution in [0.25, 0.3) is 5.69 Å². The van der Waals surface area contributed by atoms with Crippen molar-refractivity contribution in [3.05, 3.63) is 47.3 Å². The molecule has 2 fully saturated rings. The van der Waals surface area contributed by atoms with E-state index in [0.717, 1.165) is 50.2 Å². The number of fused-ring (bicyclic) bond motifs is 1. The summed E-state index contributed by atoms with van der Waals surface area (Å²) in [6, 6.07) is 10.8. The number of para-hydroxylation sites is 1. The highest BCUT2D eigenvalue weighted by Gasteiger charge is 2.51. The molecule has 2 aromatic rings. The van der Waals surface area contributed by atoms with Crippen molar-refractivity contribution in [1.29, 1.82) is 0 Å². The van der Waals surface area contributed by atoms with E-state index in [2.05, 4.69) is 47.7 Å². The Kier molecular flexibility index (Phi) is 5.10. The molecule has 1 aromatic heterocycles. The Morgan fingerprint density at radius 1 is 1.15 bits per heavy atom. The third-order valence-electron chi connectivity index (χ3n) is 6.79.